The highest BCUT2D eigenvalue weighted by atomic mass is 16.6. The second-order valence-electron chi connectivity index (χ2n) is 4.81. The van der Waals surface area contributed by atoms with Gasteiger partial charge in [-0.3, -0.25) is 14.9 Å². The van der Waals surface area contributed by atoms with Crippen LogP contribution in [0.5, 0.6) is 0 Å². The number of hydrogen-bond donors (Lipinski definition) is 0. The first-order chi connectivity index (χ1) is 9.13. The zero-order valence-electron chi connectivity index (χ0n) is 10.7. The molecule has 0 radical (unpaired) electrons. The number of non-ortho nitro benzene ring substituents is 1. The summed E-state index contributed by atoms with van der Waals surface area (Å²) in [5.41, 5.74) is 2.75. The number of nitro groups is 1. The Balaban J connectivity index is 2.37. The van der Waals surface area contributed by atoms with E-state index in [9.17, 15) is 14.9 Å². The number of Topliss-reactive ketones (excluding diaryl/α,β-unsaturated/α-hetero) is 1. The maximum Gasteiger partial charge on any atom is 0.270 e. The van der Waals surface area contributed by atoms with Crippen molar-refractivity contribution in [3.8, 4) is 0 Å². The van der Waals surface area contributed by atoms with E-state index in [1.54, 1.807) is 12.1 Å². The Morgan fingerprint density at radius 3 is 2.84 bits per heavy atom. The van der Waals surface area contributed by atoms with E-state index in [0.29, 0.717) is 13.0 Å². The van der Waals surface area contributed by atoms with Crippen LogP contribution in [0.4, 0.5) is 5.69 Å². The first-order valence-electron chi connectivity index (χ1n) is 6.46. The zero-order chi connectivity index (χ0) is 13.6. The maximum atomic E-state index is 12.1. The molecule has 5 heteroatoms. The lowest BCUT2D eigenvalue weighted by atomic mass is 9.94. The molecule has 1 aliphatic rings. The van der Waals surface area contributed by atoms with Crippen molar-refractivity contribution in [1.82, 2.24) is 4.57 Å². The molecule has 19 heavy (non-hydrogen) atoms. The molecule has 0 saturated carbocycles. The maximum absolute atomic E-state index is 12.1. The quantitative estimate of drug-likeness (QED) is 0.614. The monoisotopic (exact) mass is 258 g/mol. The first-order valence-corrected chi connectivity index (χ1v) is 6.46. The van der Waals surface area contributed by atoms with Crippen LogP contribution in [0.3, 0.4) is 0 Å². The number of fused-ring (bicyclic) bond motifs is 3. The number of nitro benzene ring substituents is 1. The van der Waals surface area contributed by atoms with E-state index in [1.807, 2.05) is 11.5 Å². The van der Waals surface area contributed by atoms with E-state index in [-0.39, 0.29) is 16.4 Å². The molecule has 0 saturated heterocycles. The molecule has 5 nitrogen and oxygen atoms in total. The fourth-order valence-electron chi connectivity index (χ4n) is 2.97. The van der Waals surface area contributed by atoms with Gasteiger partial charge in [0.2, 0.25) is 0 Å². The largest absolute Gasteiger partial charge is 0.338 e. The van der Waals surface area contributed by atoms with Gasteiger partial charge in [0.15, 0.2) is 5.78 Å². The van der Waals surface area contributed by atoms with Crippen LogP contribution in [0.2, 0.25) is 0 Å². The summed E-state index contributed by atoms with van der Waals surface area (Å²) >= 11 is 0. The van der Waals surface area contributed by atoms with E-state index in [4.69, 9.17) is 0 Å². The summed E-state index contributed by atoms with van der Waals surface area (Å²) in [5.74, 6) is 0.155. The van der Waals surface area contributed by atoms with Crippen LogP contribution in [0.15, 0.2) is 18.2 Å². The molecular weight excluding hydrogens is 244 g/mol. The number of ketones is 1. The highest BCUT2D eigenvalue weighted by molar-refractivity contribution is 6.04. The van der Waals surface area contributed by atoms with Crippen molar-refractivity contribution in [2.24, 2.45) is 0 Å². The van der Waals surface area contributed by atoms with Crippen molar-refractivity contribution >= 4 is 22.4 Å². The number of carbonyl (C=O) groups is 1. The van der Waals surface area contributed by atoms with Crippen LogP contribution >= 0.6 is 0 Å². The van der Waals surface area contributed by atoms with Crippen LogP contribution in [0.25, 0.3) is 10.9 Å². The first kappa shape index (κ1) is 11.9. The van der Waals surface area contributed by atoms with Gasteiger partial charge in [-0.2, -0.15) is 0 Å². The van der Waals surface area contributed by atoms with Gasteiger partial charge in [-0.25, -0.2) is 0 Å². The third-order valence-electron chi connectivity index (χ3n) is 3.77. The molecule has 1 aromatic heterocycles. The molecule has 98 valence electrons. The number of aryl methyl sites for hydroxylation is 2. The van der Waals surface area contributed by atoms with Crippen molar-refractivity contribution in [2.75, 3.05) is 0 Å². The van der Waals surface area contributed by atoms with Gasteiger partial charge < -0.3 is 4.57 Å². The van der Waals surface area contributed by atoms with Gasteiger partial charge in [0.25, 0.3) is 5.69 Å². The van der Waals surface area contributed by atoms with E-state index in [0.717, 1.165) is 35.0 Å². The smallest absolute Gasteiger partial charge is 0.270 e. The Morgan fingerprint density at radius 1 is 1.37 bits per heavy atom. The minimum absolute atomic E-state index is 0.0848. The van der Waals surface area contributed by atoms with Gasteiger partial charge >= 0.3 is 0 Å². The summed E-state index contributed by atoms with van der Waals surface area (Å²) < 4.78 is 1.98. The van der Waals surface area contributed by atoms with Gasteiger partial charge in [0.05, 0.1) is 10.6 Å². The standard InChI is InChI=1S/C14H14N2O3/c1-2-15-12-7-6-9(16(18)19)8-11(12)10-4-3-5-13(17)14(10)15/h6-8H,2-5H2,1H3. The average Bonchev–Trinajstić information content (AvgIpc) is 2.73. The Labute approximate surface area is 110 Å². The molecule has 1 heterocycles. The van der Waals surface area contributed by atoms with Gasteiger partial charge in [0.1, 0.15) is 0 Å². The highest BCUT2D eigenvalue weighted by Gasteiger charge is 2.26. The molecule has 0 fully saturated rings. The summed E-state index contributed by atoms with van der Waals surface area (Å²) in [4.78, 5) is 22.6. The lowest BCUT2D eigenvalue weighted by molar-refractivity contribution is -0.384. The van der Waals surface area contributed by atoms with Crippen molar-refractivity contribution in [1.29, 1.82) is 0 Å². The normalized spacial score (nSPS) is 14.7. The lowest BCUT2D eigenvalue weighted by Crippen LogP contribution is -2.14. The Morgan fingerprint density at radius 2 is 2.16 bits per heavy atom. The molecule has 1 aromatic carbocycles. The SMILES string of the molecule is CCn1c2c(c3cc([N+](=O)[O-])ccc31)CCCC2=O. The molecule has 0 N–H and O–H groups in total. The Hall–Kier alpha value is -2.17. The van der Waals surface area contributed by atoms with Crippen molar-refractivity contribution in [3.63, 3.8) is 0 Å². The zero-order valence-corrected chi connectivity index (χ0v) is 10.7. The van der Waals surface area contributed by atoms with Crippen LogP contribution in [0, 0.1) is 10.1 Å². The minimum atomic E-state index is -0.389. The average molecular weight is 258 g/mol. The summed E-state index contributed by atoms with van der Waals surface area (Å²) in [5, 5.41) is 11.7. The van der Waals surface area contributed by atoms with Crippen LogP contribution in [-0.4, -0.2) is 15.3 Å². The molecular formula is C14H14N2O3. The molecule has 3 rings (SSSR count). The molecule has 2 aromatic rings. The number of benzene rings is 1. The fraction of sp³-hybridized carbons (Fsp3) is 0.357. The summed E-state index contributed by atoms with van der Waals surface area (Å²) in [6, 6.07) is 4.85. The topological polar surface area (TPSA) is 65.1 Å². The minimum Gasteiger partial charge on any atom is -0.338 e. The van der Waals surface area contributed by atoms with Crippen molar-refractivity contribution in [2.45, 2.75) is 32.7 Å². The van der Waals surface area contributed by atoms with Crippen LogP contribution < -0.4 is 0 Å². The number of hydrogen-bond acceptors (Lipinski definition) is 3. The molecule has 0 amide bonds. The van der Waals surface area contributed by atoms with Crippen LogP contribution in [0.1, 0.15) is 35.8 Å². The van der Waals surface area contributed by atoms with Crippen molar-refractivity contribution < 1.29 is 9.72 Å². The number of rotatable bonds is 2. The van der Waals surface area contributed by atoms with E-state index >= 15 is 0 Å². The van der Waals surface area contributed by atoms with Gasteiger partial charge in [-0.15, -0.1) is 0 Å². The fourth-order valence-corrected chi connectivity index (χ4v) is 2.97. The van der Waals surface area contributed by atoms with Crippen molar-refractivity contribution in [3.05, 3.63) is 39.6 Å². The number of carbonyl (C=O) groups excluding carboxylic acids is 1. The second kappa shape index (κ2) is 4.19. The molecule has 0 spiro atoms. The van der Waals surface area contributed by atoms with Crippen LogP contribution in [-0.2, 0) is 13.0 Å². The summed E-state index contributed by atoms with van der Waals surface area (Å²) in [7, 11) is 0. The van der Waals surface area contributed by atoms with Gasteiger partial charge in [0, 0.05) is 36.0 Å². The molecule has 1 aliphatic carbocycles. The number of aromatic nitrogens is 1. The molecule has 0 aliphatic heterocycles. The molecule has 0 unspecified atom stereocenters. The lowest BCUT2D eigenvalue weighted by Gasteiger charge is -2.13. The van der Waals surface area contributed by atoms with E-state index < -0.39 is 0 Å². The predicted octanol–water partition coefficient (Wildman–Crippen LogP) is 3.09. The third kappa shape index (κ3) is 1.65. The second-order valence-corrected chi connectivity index (χ2v) is 4.81. The highest BCUT2D eigenvalue weighted by Crippen LogP contribution is 2.34. The summed E-state index contributed by atoms with van der Waals surface area (Å²) in [6.07, 6.45) is 2.23. The van der Waals surface area contributed by atoms with Gasteiger partial charge in [-0.05, 0) is 31.4 Å². The summed E-state index contributed by atoms with van der Waals surface area (Å²) in [6.45, 7) is 2.69. The molecule has 0 atom stereocenters. The Bertz CT molecular complexity index is 700. The third-order valence-corrected chi connectivity index (χ3v) is 3.77. The Kier molecular flexibility index (Phi) is 2.62. The molecule has 0 bridgehead atoms. The predicted molar refractivity (Wildman–Crippen MR) is 71.5 cm³/mol. The van der Waals surface area contributed by atoms with Gasteiger partial charge in [-0.1, -0.05) is 0 Å². The van der Waals surface area contributed by atoms with E-state index in [1.165, 1.54) is 6.07 Å². The van der Waals surface area contributed by atoms with E-state index in [2.05, 4.69) is 0 Å². The number of nitrogens with zero attached hydrogens (tertiary/aromatic N) is 2.